The van der Waals surface area contributed by atoms with Crippen LogP contribution in [0.5, 0.6) is 5.75 Å². The van der Waals surface area contributed by atoms with Gasteiger partial charge in [0, 0.05) is 25.1 Å². The third-order valence-corrected chi connectivity index (χ3v) is 8.00. The zero-order valence-corrected chi connectivity index (χ0v) is 15.9. The van der Waals surface area contributed by atoms with Gasteiger partial charge in [-0.15, -0.1) is 0 Å². The normalized spacial score (nSPS) is 42.2. The van der Waals surface area contributed by atoms with Crippen LogP contribution in [0.2, 0.25) is 0 Å². The monoisotopic (exact) mass is 357 g/mol. The van der Waals surface area contributed by atoms with E-state index in [-0.39, 0.29) is 17.1 Å². The van der Waals surface area contributed by atoms with Crippen LogP contribution in [0.1, 0.15) is 50.2 Å². The molecule has 1 saturated heterocycles. The first-order valence-electron chi connectivity index (χ1n) is 10.3. The maximum Gasteiger partial charge on any atom is 0.115 e. The molecule has 2 N–H and O–H groups in total. The average molecular weight is 357 g/mol. The Hall–Kier alpha value is -1.10. The summed E-state index contributed by atoms with van der Waals surface area (Å²) in [6.07, 6.45) is 5.98. The first-order chi connectivity index (χ1) is 12.5. The van der Waals surface area contributed by atoms with Crippen molar-refractivity contribution in [2.75, 3.05) is 20.2 Å². The fourth-order valence-corrected chi connectivity index (χ4v) is 6.92. The number of benzene rings is 1. The number of phenolic OH excluding ortho intramolecular Hbond substituents is 1. The van der Waals surface area contributed by atoms with E-state index in [4.69, 9.17) is 4.74 Å². The highest BCUT2D eigenvalue weighted by Crippen LogP contribution is 2.62. The number of rotatable bonds is 3. The smallest absolute Gasteiger partial charge is 0.115 e. The molecule has 5 rings (SSSR count). The fourth-order valence-electron chi connectivity index (χ4n) is 6.92. The maximum atomic E-state index is 10.7. The van der Waals surface area contributed by atoms with Crippen LogP contribution in [-0.2, 0) is 16.6 Å². The van der Waals surface area contributed by atoms with Crippen molar-refractivity contribution in [1.82, 2.24) is 4.90 Å². The third-order valence-electron chi connectivity index (χ3n) is 8.00. The van der Waals surface area contributed by atoms with Gasteiger partial charge in [-0.05, 0) is 80.2 Å². The molecule has 0 radical (unpaired) electrons. The Morgan fingerprint density at radius 1 is 1.31 bits per heavy atom. The zero-order valence-electron chi connectivity index (χ0n) is 15.9. The lowest BCUT2D eigenvalue weighted by atomic mass is 9.46. The van der Waals surface area contributed by atoms with E-state index in [0.29, 0.717) is 17.7 Å². The van der Waals surface area contributed by atoms with Gasteiger partial charge >= 0.3 is 0 Å². The number of aliphatic hydroxyl groups is 1. The molecule has 142 valence electrons. The SMILES string of the molecule is COC12[C@H](C)CC(O)C[C@@]13CCN(CC1CC1)[C@@H]2Cc1ccc(O)cc13. The molecule has 0 spiro atoms. The number of piperidine rings is 1. The molecule has 2 bridgehead atoms. The maximum absolute atomic E-state index is 10.7. The molecular formula is C22H31NO3. The van der Waals surface area contributed by atoms with Gasteiger partial charge in [-0.2, -0.15) is 0 Å². The lowest BCUT2D eigenvalue weighted by Gasteiger charge is -2.68. The average Bonchev–Trinajstić information content (AvgIpc) is 3.42. The molecule has 2 saturated carbocycles. The number of aliphatic hydroxyl groups excluding tert-OH is 1. The molecule has 1 aromatic carbocycles. The largest absolute Gasteiger partial charge is 0.508 e. The molecule has 2 unspecified atom stereocenters. The summed E-state index contributed by atoms with van der Waals surface area (Å²) in [5, 5.41) is 20.9. The summed E-state index contributed by atoms with van der Waals surface area (Å²) in [5.41, 5.74) is 2.09. The Kier molecular flexibility index (Phi) is 3.73. The third kappa shape index (κ3) is 2.12. The molecule has 0 aromatic heterocycles. The highest BCUT2D eigenvalue weighted by atomic mass is 16.5. The predicted octanol–water partition coefficient (Wildman–Crippen LogP) is 2.85. The molecule has 26 heavy (non-hydrogen) atoms. The van der Waals surface area contributed by atoms with E-state index >= 15 is 0 Å². The van der Waals surface area contributed by atoms with Crippen molar-refractivity contribution in [1.29, 1.82) is 0 Å². The molecule has 3 fully saturated rings. The van der Waals surface area contributed by atoms with Gasteiger partial charge in [0.15, 0.2) is 0 Å². The minimum absolute atomic E-state index is 0.199. The van der Waals surface area contributed by atoms with Gasteiger partial charge in [-0.1, -0.05) is 13.0 Å². The Labute approximate surface area is 156 Å². The van der Waals surface area contributed by atoms with Gasteiger partial charge in [0.2, 0.25) is 0 Å². The first-order valence-corrected chi connectivity index (χ1v) is 10.3. The molecule has 1 aliphatic heterocycles. The first kappa shape index (κ1) is 17.0. The molecule has 4 heteroatoms. The van der Waals surface area contributed by atoms with E-state index < -0.39 is 0 Å². The number of methoxy groups -OCH3 is 1. The van der Waals surface area contributed by atoms with E-state index in [1.807, 2.05) is 19.2 Å². The Bertz CT molecular complexity index is 717. The number of phenols is 1. The summed E-state index contributed by atoms with van der Waals surface area (Å²) < 4.78 is 6.50. The number of aromatic hydroxyl groups is 1. The number of nitrogens with zero attached hydrogens (tertiary/aromatic N) is 1. The number of ether oxygens (including phenoxy) is 1. The minimum atomic E-state index is -0.294. The second-order valence-electron chi connectivity index (χ2n) is 9.32. The Morgan fingerprint density at radius 2 is 2.12 bits per heavy atom. The van der Waals surface area contributed by atoms with Crippen LogP contribution < -0.4 is 0 Å². The number of likely N-dealkylation sites (tertiary alicyclic amines) is 1. The molecule has 1 aromatic rings. The molecular weight excluding hydrogens is 326 g/mol. The highest BCUT2D eigenvalue weighted by molar-refractivity contribution is 5.49. The zero-order chi connectivity index (χ0) is 18.1. The van der Waals surface area contributed by atoms with Gasteiger partial charge < -0.3 is 14.9 Å². The summed E-state index contributed by atoms with van der Waals surface area (Å²) in [6, 6.07) is 6.24. The molecule has 3 aliphatic carbocycles. The van der Waals surface area contributed by atoms with E-state index in [1.165, 1.54) is 30.5 Å². The Balaban J connectivity index is 1.70. The summed E-state index contributed by atoms with van der Waals surface area (Å²) in [5.74, 6) is 1.48. The van der Waals surface area contributed by atoms with Crippen LogP contribution in [-0.4, -0.2) is 53.1 Å². The molecule has 0 amide bonds. The van der Waals surface area contributed by atoms with Crippen LogP contribution in [0, 0.1) is 11.8 Å². The lowest BCUT2D eigenvalue weighted by Crippen LogP contribution is -2.76. The highest BCUT2D eigenvalue weighted by Gasteiger charge is 2.68. The van der Waals surface area contributed by atoms with Crippen LogP contribution in [0.4, 0.5) is 0 Å². The number of hydrogen-bond donors (Lipinski definition) is 2. The molecule has 5 atom stereocenters. The van der Waals surface area contributed by atoms with Crippen molar-refractivity contribution < 1.29 is 14.9 Å². The fraction of sp³-hybridized carbons (Fsp3) is 0.727. The topological polar surface area (TPSA) is 52.9 Å². The van der Waals surface area contributed by atoms with Crippen LogP contribution >= 0.6 is 0 Å². The van der Waals surface area contributed by atoms with E-state index in [2.05, 4.69) is 17.9 Å². The quantitative estimate of drug-likeness (QED) is 0.873. The van der Waals surface area contributed by atoms with E-state index in [9.17, 15) is 10.2 Å². The van der Waals surface area contributed by atoms with Gasteiger partial charge in [0.05, 0.1) is 11.7 Å². The summed E-state index contributed by atoms with van der Waals surface area (Å²) in [4.78, 5) is 2.70. The summed E-state index contributed by atoms with van der Waals surface area (Å²) in [6.45, 7) is 4.53. The standard InChI is InChI=1S/C22H31NO3/c1-14-9-18(25)12-21-7-8-23(13-15-3-4-15)20(22(14,21)26-2)10-16-5-6-17(24)11-19(16)21/h5-6,11,14-15,18,20,24-25H,3-4,7-10,12-13H2,1-2H3/t14-,18?,20-,21-,22?/m1/s1. The summed E-state index contributed by atoms with van der Waals surface area (Å²) >= 11 is 0. The van der Waals surface area contributed by atoms with E-state index in [1.54, 1.807) is 0 Å². The van der Waals surface area contributed by atoms with Crippen LogP contribution in [0.3, 0.4) is 0 Å². The molecule has 1 heterocycles. The predicted molar refractivity (Wildman–Crippen MR) is 100 cm³/mol. The molecule has 4 nitrogen and oxygen atoms in total. The van der Waals surface area contributed by atoms with Gasteiger partial charge in [0.25, 0.3) is 0 Å². The minimum Gasteiger partial charge on any atom is -0.508 e. The van der Waals surface area contributed by atoms with Crippen molar-refractivity contribution >= 4 is 0 Å². The van der Waals surface area contributed by atoms with Gasteiger partial charge in [-0.25, -0.2) is 0 Å². The number of hydrogen-bond acceptors (Lipinski definition) is 4. The van der Waals surface area contributed by atoms with Crippen molar-refractivity contribution in [3.8, 4) is 5.75 Å². The van der Waals surface area contributed by atoms with Crippen LogP contribution in [0.15, 0.2) is 18.2 Å². The number of fused-ring (bicyclic) bond motifs is 1. The van der Waals surface area contributed by atoms with Crippen molar-refractivity contribution in [2.45, 2.75) is 68.6 Å². The summed E-state index contributed by atoms with van der Waals surface area (Å²) in [7, 11) is 1.88. The van der Waals surface area contributed by atoms with Gasteiger partial charge in [0.1, 0.15) is 5.75 Å². The van der Waals surface area contributed by atoms with E-state index in [0.717, 1.165) is 38.1 Å². The molecule has 4 aliphatic rings. The van der Waals surface area contributed by atoms with Crippen LogP contribution in [0.25, 0.3) is 0 Å². The second kappa shape index (κ2) is 5.70. The second-order valence-corrected chi connectivity index (χ2v) is 9.32. The lowest BCUT2D eigenvalue weighted by molar-refractivity contribution is -0.225. The Morgan fingerprint density at radius 3 is 2.85 bits per heavy atom. The van der Waals surface area contributed by atoms with Crippen molar-refractivity contribution in [3.05, 3.63) is 29.3 Å². The van der Waals surface area contributed by atoms with Crippen molar-refractivity contribution in [3.63, 3.8) is 0 Å². The van der Waals surface area contributed by atoms with Gasteiger partial charge in [-0.3, -0.25) is 4.90 Å². The van der Waals surface area contributed by atoms with Crippen molar-refractivity contribution in [2.24, 2.45) is 11.8 Å².